The molecule has 0 aliphatic heterocycles. The van der Waals surface area contributed by atoms with Gasteiger partial charge in [0.2, 0.25) is 5.76 Å². The summed E-state index contributed by atoms with van der Waals surface area (Å²) in [4.78, 5) is 10.7. The van der Waals surface area contributed by atoms with Gasteiger partial charge in [-0.15, -0.1) is 0 Å². The second-order valence-electron chi connectivity index (χ2n) is 3.84. The maximum atomic E-state index is 10.7. The summed E-state index contributed by atoms with van der Waals surface area (Å²) in [6.07, 6.45) is 0. The number of carboxylic acid groups (broad SMARTS) is 1. The summed E-state index contributed by atoms with van der Waals surface area (Å²) in [5.74, 6) is -1.13. The van der Waals surface area contributed by atoms with Crippen LogP contribution in [0.25, 0.3) is 11.3 Å². The van der Waals surface area contributed by atoms with Crippen molar-refractivity contribution in [2.24, 2.45) is 0 Å². The molecular formula is C12H11NO4. The number of carboxylic acids is 1. The predicted molar refractivity (Wildman–Crippen MR) is 60.0 cm³/mol. The molecule has 0 aliphatic rings. The molecule has 0 amide bonds. The number of aromatic carboxylic acids is 1. The first-order valence-corrected chi connectivity index (χ1v) is 4.99. The Hall–Kier alpha value is -2.30. The van der Waals surface area contributed by atoms with E-state index in [1.54, 1.807) is 26.0 Å². The molecule has 1 heterocycles. The highest BCUT2D eigenvalue weighted by atomic mass is 16.5. The molecule has 5 heteroatoms. The number of carbonyl (C=O) groups is 1. The number of hydrogen-bond acceptors (Lipinski definition) is 4. The van der Waals surface area contributed by atoms with Crippen LogP contribution in [0.1, 0.15) is 21.7 Å². The molecule has 2 rings (SSSR count). The van der Waals surface area contributed by atoms with Crippen LogP contribution >= 0.6 is 0 Å². The van der Waals surface area contributed by atoms with Gasteiger partial charge in [-0.3, -0.25) is 0 Å². The largest absolute Gasteiger partial charge is 0.507 e. The van der Waals surface area contributed by atoms with Gasteiger partial charge in [-0.05, 0) is 37.1 Å². The first-order valence-electron chi connectivity index (χ1n) is 4.99. The van der Waals surface area contributed by atoms with Crippen LogP contribution in [0.2, 0.25) is 0 Å². The lowest BCUT2D eigenvalue weighted by atomic mass is 10.0. The Bertz CT molecular complexity index is 563. The lowest BCUT2D eigenvalue weighted by molar-refractivity contribution is 0.0652. The zero-order chi connectivity index (χ0) is 12.6. The van der Waals surface area contributed by atoms with Crippen LogP contribution in [0.5, 0.6) is 5.75 Å². The summed E-state index contributed by atoms with van der Waals surface area (Å²) in [6.45, 7) is 3.54. The van der Waals surface area contributed by atoms with Gasteiger partial charge in [0.05, 0.1) is 0 Å². The van der Waals surface area contributed by atoms with E-state index >= 15 is 0 Å². The van der Waals surface area contributed by atoms with E-state index in [0.717, 1.165) is 0 Å². The fraction of sp³-hybridized carbons (Fsp3) is 0.167. The number of phenolic OH excluding ortho intramolecular Hbond substituents is 1. The third kappa shape index (κ3) is 1.99. The van der Waals surface area contributed by atoms with Crippen molar-refractivity contribution in [1.82, 2.24) is 5.16 Å². The molecule has 0 atom stereocenters. The van der Waals surface area contributed by atoms with Gasteiger partial charge < -0.3 is 14.7 Å². The molecule has 2 aromatic rings. The number of benzene rings is 1. The van der Waals surface area contributed by atoms with Crippen LogP contribution < -0.4 is 0 Å². The zero-order valence-electron chi connectivity index (χ0n) is 9.39. The summed E-state index contributed by atoms with van der Waals surface area (Å²) in [5, 5.41) is 22.0. The van der Waals surface area contributed by atoms with Crippen LogP contribution in [-0.4, -0.2) is 21.3 Å². The third-order valence-electron chi connectivity index (χ3n) is 2.51. The first-order chi connectivity index (χ1) is 7.99. The van der Waals surface area contributed by atoms with Crippen molar-refractivity contribution in [3.8, 4) is 17.0 Å². The molecule has 1 aromatic heterocycles. The summed E-state index contributed by atoms with van der Waals surface area (Å²) in [5.41, 5.74) is 2.57. The molecular weight excluding hydrogens is 222 g/mol. The van der Waals surface area contributed by atoms with E-state index in [1.165, 1.54) is 6.07 Å². The molecule has 0 aliphatic carbocycles. The molecule has 0 unspecified atom stereocenters. The number of hydrogen-bond donors (Lipinski definition) is 2. The van der Waals surface area contributed by atoms with E-state index < -0.39 is 5.97 Å². The Labute approximate surface area is 97.3 Å². The SMILES string of the molecule is Cc1cc(-c2cc(C(=O)O)on2)cc(C)c1O. The summed E-state index contributed by atoms with van der Waals surface area (Å²) >= 11 is 0. The highest BCUT2D eigenvalue weighted by Gasteiger charge is 2.13. The fourth-order valence-corrected chi connectivity index (χ4v) is 1.62. The van der Waals surface area contributed by atoms with Gasteiger partial charge in [0, 0.05) is 11.6 Å². The number of aryl methyl sites for hydroxylation is 2. The molecule has 88 valence electrons. The lowest BCUT2D eigenvalue weighted by Crippen LogP contribution is -1.91. The number of aromatic nitrogens is 1. The van der Waals surface area contributed by atoms with Crippen molar-refractivity contribution in [3.63, 3.8) is 0 Å². The highest BCUT2D eigenvalue weighted by Crippen LogP contribution is 2.28. The fourth-order valence-electron chi connectivity index (χ4n) is 1.62. The molecule has 5 nitrogen and oxygen atoms in total. The lowest BCUT2D eigenvalue weighted by Gasteiger charge is -2.05. The standard InChI is InChI=1S/C12H11NO4/c1-6-3-8(4-7(2)11(6)14)9-5-10(12(15)16)17-13-9/h3-5,14H,1-2H3,(H,15,16). The van der Waals surface area contributed by atoms with Crippen LogP contribution in [0, 0.1) is 13.8 Å². The van der Waals surface area contributed by atoms with E-state index in [-0.39, 0.29) is 11.5 Å². The van der Waals surface area contributed by atoms with E-state index in [0.29, 0.717) is 22.4 Å². The predicted octanol–water partition coefficient (Wildman–Crippen LogP) is 2.36. The Morgan fingerprint density at radius 2 is 1.82 bits per heavy atom. The van der Waals surface area contributed by atoms with Crippen LogP contribution in [-0.2, 0) is 0 Å². The Morgan fingerprint density at radius 1 is 1.24 bits per heavy atom. The number of phenols is 1. The van der Waals surface area contributed by atoms with Crippen molar-refractivity contribution >= 4 is 5.97 Å². The Morgan fingerprint density at radius 3 is 2.29 bits per heavy atom. The molecule has 0 spiro atoms. The molecule has 17 heavy (non-hydrogen) atoms. The smallest absolute Gasteiger partial charge is 0.374 e. The van der Waals surface area contributed by atoms with Gasteiger partial charge >= 0.3 is 5.97 Å². The topological polar surface area (TPSA) is 83.6 Å². The minimum atomic E-state index is -1.16. The average Bonchev–Trinajstić information content (AvgIpc) is 2.74. The van der Waals surface area contributed by atoms with Gasteiger partial charge in [0.15, 0.2) is 0 Å². The molecule has 0 bridgehead atoms. The molecule has 2 N–H and O–H groups in total. The Kier molecular flexibility index (Phi) is 2.59. The van der Waals surface area contributed by atoms with Crippen molar-refractivity contribution in [2.75, 3.05) is 0 Å². The number of rotatable bonds is 2. The van der Waals surface area contributed by atoms with Crippen LogP contribution in [0.15, 0.2) is 22.7 Å². The maximum Gasteiger partial charge on any atom is 0.374 e. The third-order valence-corrected chi connectivity index (χ3v) is 2.51. The minimum Gasteiger partial charge on any atom is -0.507 e. The zero-order valence-corrected chi connectivity index (χ0v) is 9.39. The van der Waals surface area contributed by atoms with Gasteiger partial charge in [0.25, 0.3) is 0 Å². The number of aromatic hydroxyl groups is 1. The average molecular weight is 233 g/mol. The monoisotopic (exact) mass is 233 g/mol. The van der Waals surface area contributed by atoms with Crippen LogP contribution in [0.4, 0.5) is 0 Å². The number of nitrogens with zero attached hydrogens (tertiary/aromatic N) is 1. The quantitative estimate of drug-likeness (QED) is 0.831. The molecule has 0 radical (unpaired) electrons. The summed E-state index contributed by atoms with van der Waals surface area (Å²) < 4.78 is 4.68. The van der Waals surface area contributed by atoms with E-state index in [4.69, 9.17) is 5.11 Å². The van der Waals surface area contributed by atoms with Gasteiger partial charge in [0.1, 0.15) is 11.4 Å². The Balaban J connectivity index is 2.49. The molecule has 0 saturated heterocycles. The van der Waals surface area contributed by atoms with E-state index in [1.807, 2.05) is 0 Å². The second-order valence-corrected chi connectivity index (χ2v) is 3.84. The summed E-state index contributed by atoms with van der Waals surface area (Å²) in [7, 11) is 0. The molecule has 1 aromatic carbocycles. The molecule has 0 fully saturated rings. The van der Waals surface area contributed by atoms with Crippen molar-refractivity contribution in [2.45, 2.75) is 13.8 Å². The minimum absolute atomic E-state index is 0.205. The summed E-state index contributed by atoms with van der Waals surface area (Å²) in [6, 6.07) is 4.81. The van der Waals surface area contributed by atoms with E-state index in [9.17, 15) is 9.90 Å². The van der Waals surface area contributed by atoms with Gasteiger partial charge in [-0.1, -0.05) is 5.16 Å². The normalized spacial score (nSPS) is 10.5. The second kappa shape index (κ2) is 3.93. The van der Waals surface area contributed by atoms with Crippen molar-refractivity contribution in [3.05, 3.63) is 35.1 Å². The van der Waals surface area contributed by atoms with Crippen molar-refractivity contribution < 1.29 is 19.5 Å². The van der Waals surface area contributed by atoms with Gasteiger partial charge in [-0.2, -0.15) is 0 Å². The molecule has 0 saturated carbocycles. The maximum absolute atomic E-state index is 10.7. The van der Waals surface area contributed by atoms with Crippen LogP contribution in [0.3, 0.4) is 0 Å². The highest BCUT2D eigenvalue weighted by molar-refractivity contribution is 5.85. The first kappa shape index (κ1) is 11.2. The van der Waals surface area contributed by atoms with Gasteiger partial charge in [-0.25, -0.2) is 4.79 Å². The van der Waals surface area contributed by atoms with Crippen molar-refractivity contribution in [1.29, 1.82) is 0 Å². The van der Waals surface area contributed by atoms with E-state index in [2.05, 4.69) is 9.68 Å².